The van der Waals surface area contributed by atoms with Crippen LogP contribution in [0.4, 0.5) is 0 Å². The number of halogens is 5. The summed E-state index contributed by atoms with van der Waals surface area (Å²) in [6.07, 6.45) is 0. The first-order valence-electron chi connectivity index (χ1n) is 3.12. The summed E-state index contributed by atoms with van der Waals surface area (Å²) in [7, 11) is 0. The van der Waals surface area contributed by atoms with Crippen LogP contribution in [0.1, 0.15) is 13.8 Å². The van der Waals surface area contributed by atoms with E-state index in [1.165, 1.54) is 0 Å². The summed E-state index contributed by atoms with van der Waals surface area (Å²) < 4.78 is -2.59. The summed E-state index contributed by atoms with van der Waals surface area (Å²) in [6, 6.07) is 0. The van der Waals surface area contributed by atoms with Crippen LogP contribution in [0.15, 0.2) is 0 Å². The minimum absolute atomic E-state index is 0.712. The normalized spacial score (nSPS) is 21.8. The Bertz CT molecular complexity index is 218. The molecule has 0 aromatic carbocycles. The molecule has 0 radical (unpaired) electrons. The number of carboxylic acids is 1. The number of hydrogen-bond acceptors (Lipinski definition) is 1. The highest BCUT2D eigenvalue weighted by molar-refractivity contribution is 9.40. The third kappa shape index (κ3) is 2.92. The highest BCUT2D eigenvalue weighted by atomic mass is 80.0. The summed E-state index contributed by atoms with van der Waals surface area (Å²) in [5.41, 5.74) is 0. The zero-order chi connectivity index (χ0) is 11.1. The van der Waals surface area contributed by atoms with Crippen molar-refractivity contribution in [3.63, 3.8) is 0 Å². The number of aliphatic carboxylic acids is 1. The molecule has 2 unspecified atom stereocenters. The summed E-state index contributed by atoms with van der Waals surface area (Å²) in [6.45, 7) is 3.32. The standard InChI is InChI=1S/C6H7Br5O2/c1-4(7,3(12)13)5(2,8)6(9,10)11/h1-2H3,(H,12,13). The largest absolute Gasteiger partial charge is 0.480 e. The lowest BCUT2D eigenvalue weighted by Gasteiger charge is -2.40. The van der Waals surface area contributed by atoms with Crippen molar-refractivity contribution in [2.24, 2.45) is 0 Å². The Morgan fingerprint density at radius 3 is 1.46 bits per heavy atom. The van der Waals surface area contributed by atoms with Gasteiger partial charge >= 0.3 is 5.97 Å². The summed E-state index contributed by atoms with van der Waals surface area (Å²) in [4.78, 5) is 11.0. The van der Waals surface area contributed by atoms with Crippen LogP contribution in [0.3, 0.4) is 0 Å². The molecule has 0 bridgehead atoms. The first-order chi connectivity index (χ1) is 5.44. The van der Waals surface area contributed by atoms with E-state index in [4.69, 9.17) is 5.11 Å². The molecule has 78 valence electrons. The van der Waals surface area contributed by atoms with Crippen molar-refractivity contribution in [3.8, 4) is 0 Å². The molecule has 0 fully saturated rings. The molecule has 0 aromatic rings. The Labute approximate surface area is 119 Å². The second-order valence-electron chi connectivity index (χ2n) is 2.81. The SMILES string of the molecule is CC(Br)(C(=O)O)C(C)(Br)C(Br)(Br)Br. The smallest absolute Gasteiger partial charge is 0.321 e. The molecular weight excluding hydrogens is 504 g/mol. The van der Waals surface area contributed by atoms with E-state index in [9.17, 15) is 4.79 Å². The van der Waals surface area contributed by atoms with Crippen LogP contribution in [-0.2, 0) is 4.79 Å². The van der Waals surface area contributed by atoms with Gasteiger partial charge in [0.05, 0.1) is 4.32 Å². The maximum Gasteiger partial charge on any atom is 0.321 e. The molecule has 2 atom stereocenters. The summed E-state index contributed by atoms with van der Waals surface area (Å²) >= 11 is 16.4. The number of hydrogen-bond donors (Lipinski definition) is 1. The summed E-state index contributed by atoms with van der Waals surface area (Å²) in [5, 5.41) is 9.00. The number of alkyl halides is 5. The molecule has 2 nitrogen and oxygen atoms in total. The molecule has 0 aliphatic rings. The van der Waals surface area contributed by atoms with Gasteiger partial charge in [0.15, 0.2) is 2.14 Å². The molecule has 7 heteroatoms. The predicted octanol–water partition coefficient (Wildman–Crippen LogP) is 4.22. The topological polar surface area (TPSA) is 37.3 Å². The van der Waals surface area contributed by atoms with Gasteiger partial charge in [0.2, 0.25) is 0 Å². The molecule has 0 amide bonds. The molecular formula is C6H7Br5O2. The Hall–Kier alpha value is 1.87. The van der Waals surface area contributed by atoms with Crippen LogP contribution < -0.4 is 0 Å². The highest BCUT2D eigenvalue weighted by Crippen LogP contribution is 2.56. The monoisotopic (exact) mass is 506 g/mol. The Balaban J connectivity index is 5.16. The van der Waals surface area contributed by atoms with Crippen LogP contribution in [0.2, 0.25) is 0 Å². The first-order valence-corrected chi connectivity index (χ1v) is 7.09. The fourth-order valence-electron chi connectivity index (χ4n) is 0.467. The van der Waals surface area contributed by atoms with Crippen molar-refractivity contribution in [2.45, 2.75) is 24.6 Å². The van der Waals surface area contributed by atoms with E-state index in [-0.39, 0.29) is 0 Å². The van der Waals surface area contributed by atoms with E-state index in [2.05, 4.69) is 79.6 Å². The number of carboxylic acid groups (broad SMARTS) is 1. The van der Waals surface area contributed by atoms with Crippen molar-refractivity contribution in [2.75, 3.05) is 0 Å². The fourth-order valence-corrected chi connectivity index (χ4v) is 2.92. The molecule has 0 spiro atoms. The van der Waals surface area contributed by atoms with Crippen LogP contribution >= 0.6 is 79.6 Å². The quantitative estimate of drug-likeness (QED) is 0.565. The first kappa shape index (κ1) is 14.9. The van der Waals surface area contributed by atoms with E-state index in [1.54, 1.807) is 13.8 Å². The minimum Gasteiger partial charge on any atom is -0.480 e. The van der Waals surface area contributed by atoms with Gasteiger partial charge < -0.3 is 5.11 Å². The van der Waals surface area contributed by atoms with Gasteiger partial charge in [-0.15, -0.1) is 0 Å². The van der Waals surface area contributed by atoms with E-state index >= 15 is 0 Å². The van der Waals surface area contributed by atoms with Crippen molar-refractivity contribution >= 4 is 85.6 Å². The van der Waals surface area contributed by atoms with Crippen molar-refractivity contribution in [1.82, 2.24) is 0 Å². The Morgan fingerprint density at radius 2 is 1.38 bits per heavy atom. The van der Waals surface area contributed by atoms with Gasteiger partial charge in [0, 0.05) is 0 Å². The Morgan fingerprint density at radius 1 is 1.08 bits per heavy atom. The maximum atomic E-state index is 11.0. The predicted molar refractivity (Wildman–Crippen MR) is 71.8 cm³/mol. The number of rotatable bonds is 2. The van der Waals surface area contributed by atoms with Crippen LogP contribution in [0.5, 0.6) is 0 Å². The molecule has 0 aromatic heterocycles. The average molecular weight is 511 g/mol. The zero-order valence-electron chi connectivity index (χ0n) is 6.75. The second-order valence-corrected chi connectivity index (χ2v) is 12.7. The van der Waals surface area contributed by atoms with Crippen molar-refractivity contribution in [3.05, 3.63) is 0 Å². The molecule has 0 heterocycles. The highest BCUT2D eigenvalue weighted by Gasteiger charge is 2.57. The van der Waals surface area contributed by atoms with Gasteiger partial charge in [-0.3, -0.25) is 4.79 Å². The Kier molecular flexibility index (Phi) is 5.02. The lowest BCUT2D eigenvalue weighted by Crippen LogP contribution is -2.53. The van der Waals surface area contributed by atoms with Gasteiger partial charge in [0.25, 0.3) is 0 Å². The van der Waals surface area contributed by atoms with Gasteiger partial charge in [-0.25, -0.2) is 0 Å². The van der Waals surface area contributed by atoms with Gasteiger partial charge in [0.1, 0.15) is 4.32 Å². The third-order valence-electron chi connectivity index (χ3n) is 1.82. The van der Waals surface area contributed by atoms with Crippen LogP contribution in [-0.4, -0.2) is 21.9 Å². The van der Waals surface area contributed by atoms with Crippen molar-refractivity contribution in [1.29, 1.82) is 0 Å². The molecule has 0 aliphatic carbocycles. The zero-order valence-corrected chi connectivity index (χ0v) is 14.7. The van der Waals surface area contributed by atoms with E-state index in [0.29, 0.717) is 0 Å². The lowest BCUT2D eigenvalue weighted by molar-refractivity contribution is -0.139. The fraction of sp³-hybridized carbons (Fsp3) is 0.833. The maximum absolute atomic E-state index is 11.0. The second kappa shape index (κ2) is 4.39. The molecule has 0 aliphatic heterocycles. The van der Waals surface area contributed by atoms with Gasteiger partial charge in [-0.2, -0.15) is 0 Å². The molecule has 0 saturated heterocycles. The minimum atomic E-state index is -1.11. The van der Waals surface area contributed by atoms with E-state index in [0.717, 1.165) is 0 Å². The molecule has 0 saturated carbocycles. The van der Waals surface area contributed by atoms with Gasteiger partial charge in [-0.1, -0.05) is 79.6 Å². The van der Waals surface area contributed by atoms with Gasteiger partial charge in [-0.05, 0) is 13.8 Å². The molecule has 13 heavy (non-hydrogen) atoms. The average Bonchev–Trinajstić information content (AvgIpc) is 1.84. The summed E-state index contributed by atoms with van der Waals surface area (Å²) in [5.74, 6) is -0.949. The van der Waals surface area contributed by atoms with Crippen LogP contribution in [0.25, 0.3) is 0 Å². The number of carbonyl (C=O) groups is 1. The third-order valence-corrected chi connectivity index (χ3v) is 8.84. The van der Waals surface area contributed by atoms with Crippen molar-refractivity contribution < 1.29 is 9.90 Å². The molecule has 1 N–H and O–H groups in total. The lowest BCUT2D eigenvalue weighted by atomic mass is 9.98. The van der Waals surface area contributed by atoms with E-state index in [1.807, 2.05) is 0 Å². The van der Waals surface area contributed by atoms with E-state index < -0.39 is 16.8 Å². The molecule has 0 rings (SSSR count). The van der Waals surface area contributed by atoms with Crippen LogP contribution in [0, 0.1) is 0 Å².